The van der Waals surface area contributed by atoms with Gasteiger partial charge in [-0.15, -0.1) is 0 Å². The van der Waals surface area contributed by atoms with Crippen molar-refractivity contribution < 1.29 is 0 Å². The number of aromatic nitrogens is 1. The van der Waals surface area contributed by atoms with Crippen molar-refractivity contribution in [1.29, 1.82) is 0 Å². The summed E-state index contributed by atoms with van der Waals surface area (Å²) in [4.78, 5) is 2.41. The summed E-state index contributed by atoms with van der Waals surface area (Å²) in [5.41, 5.74) is 26.4. The van der Waals surface area contributed by atoms with Crippen LogP contribution in [0.4, 0.5) is 17.1 Å². The lowest BCUT2D eigenvalue weighted by Gasteiger charge is -2.30. The van der Waals surface area contributed by atoms with Crippen molar-refractivity contribution in [3.8, 4) is 72.4 Å². The van der Waals surface area contributed by atoms with Crippen molar-refractivity contribution in [3.05, 3.63) is 313 Å². The summed E-state index contributed by atoms with van der Waals surface area (Å²) in [5, 5.41) is 2.53. The molecule has 2 nitrogen and oxygen atoms in total. The van der Waals surface area contributed by atoms with Gasteiger partial charge in [0.05, 0.1) is 16.4 Å². The smallest absolute Gasteiger partial charge is 0.0725 e. The summed E-state index contributed by atoms with van der Waals surface area (Å²) in [5.74, 6) is 0. The maximum Gasteiger partial charge on any atom is 0.0725 e. The van der Waals surface area contributed by atoms with Gasteiger partial charge in [-0.05, 0) is 162 Å². The van der Waals surface area contributed by atoms with E-state index in [9.17, 15) is 0 Å². The molecule has 0 unspecified atom stereocenters. The molecule has 0 radical (unpaired) electrons. The molecule has 15 rings (SSSR count). The van der Waals surface area contributed by atoms with Crippen LogP contribution in [0.15, 0.2) is 291 Å². The first-order valence-corrected chi connectivity index (χ1v) is 26.0. The predicted molar refractivity (Wildman–Crippen MR) is 314 cm³/mol. The SMILES string of the molecule is c1ccc(-c2ccc(N(c3ccc(-c4ccc5c(c4)c4c6c(ccc4n5-c4ccccc4)C4(c5ccccc5-c5ccccc54)c4ccccc4-6)cc3)c3cc(-c4ccccc4)cc(-c4ccccc4)c3)cc2)cc1. The highest BCUT2D eigenvalue weighted by molar-refractivity contribution is 6.19. The van der Waals surface area contributed by atoms with Gasteiger partial charge in [0.15, 0.2) is 0 Å². The zero-order chi connectivity index (χ0) is 49.5. The summed E-state index contributed by atoms with van der Waals surface area (Å²) in [7, 11) is 0. The van der Waals surface area contributed by atoms with E-state index in [1.165, 1.54) is 105 Å². The van der Waals surface area contributed by atoms with Crippen molar-refractivity contribution >= 4 is 38.9 Å². The molecule has 2 aliphatic rings. The molecule has 1 aromatic heterocycles. The third-order valence-corrected chi connectivity index (χ3v) is 16.0. The summed E-state index contributed by atoms with van der Waals surface area (Å²) in [6, 6.07) is 107. The van der Waals surface area contributed by atoms with Gasteiger partial charge < -0.3 is 9.47 Å². The van der Waals surface area contributed by atoms with E-state index in [1.54, 1.807) is 0 Å². The average molecular weight is 953 g/mol. The van der Waals surface area contributed by atoms with E-state index in [-0.39, 0.29) is 0 Å². The van der Waals surface area contributed by atoms with Gasteiger partial charge in [-0.3, -0.25) is 0 Å². The zero-order valence-corrected chi connectivity index (χ0v) is 41.1. The molecule has 1 heterocycles. The lowest BCUT2D eigenvalue weighted by atomic mass is 9.70. The standard InChI is InChI=1S/C73H48N2/c1-5-19-49(20-6-1)52-33-38-58(39-34-52)74(60-46-55(50-21-7-2-8-22-50)45-56(47-60)51-23-9-3-10-24-51)59-40-35-53(36-41-59)54-37-43-69-64(48-54)72-70(75(69)57-25-11-4-12-26-57)44-42-68-71(72)63-29-15-18-32-67(63)73(68)65-30-16-13-27-61(65)62-28-14-17-31-66(62)73/h1-48H. The Balaban J connectivity index is 0.916. The molecule has 0 bridgehead atoms. The molecule has 75 heavy (non-hydrogen) atoms. The highest BCUT2D eigenvalue weighted by atomic mass is 15.1. The Morgan fingerprint density at radius 2 is 0.680 bits per heavy atom. The van der Waals surface area contributed by atoms with E-state index in [0.29, 0.717) is 0 Å². The molecular formula is C73H48N2. The number of para-hydroxylation sites is 1. The van der Waals surface area contributed by atoms with Gasteiger partial charge in [0.25, 0.3) is 0 Å². The Hall–Kier alpha value is -9.76. The minimum absolute atomic E-state index is 0.432. The van der Waals surface area contributed by atoms with Crippen LogP contribution in [0, 0.1) is 0 Å². The van der Waals surface area contributed by atoms with Gasteiger partial charge in [0.1, 0.15) is 0 Å². The van der Waals surface area contributed by atoms with Crippen LogP contribution in [0.2, 0.25) is 0 Å². The Morgan fingerprint density at radius 3 is 1.23 bits per heavy atom. The van der Waals surface area contributed by atoms with Crippen molar-refractivity contribution in [2.45, 2.75) is 5.41 Å². The van der Waals surface area contributed by atoms with Crippen molar-refractivity contribution in [2.24, 2.45) is 0 Å². The van der Waals surface area contributed by atoms with Crippen LogP contribution in [-0.4, -0.2) is 4.57 Å². The summed E-state index contributed by atoms with van der Waals surface area (Å²) in [6.07, 6.45) is 0. The Morgan fingerprint density at radius 1 is 0.267 bits per heavy atom. The molecular weight excluding hydrogens is 905 g/mol. The number of hydrogen-bond acceptors (Lipinski definition) is 1. The van der Waals surface area contributed by atoms with Crippen LogP contribution >= 0.6 is 0 Å². The number of rotatable bonds is 8. The lowest BCUT2D eigenvalue weighted by Crippen LogP contribution is -2.25. The highest BCUT2D eigenvalue weighted by Gasteiger charge is 2.52. The van der Waals surface area contributed by atoms with Crippen LogP contribution < -0.4 is 4.90 Å². The van der Waals surface area contributed by atoms with Crippen molar-refractivity contribution in [2.75, 3.05) is 4.90 Å². The topological polar surface area (TPSA) is 8.17 Å². The third-order valence-electron chi connectivity index (χ3n) is 16.0. The molecule has 12 aromatic carbocycles. The van der Waals surface area contributed by atoms with E-state index in [4.69, 9.17) is 0 Å². The van der Waals surface area contributed by atoms with Crippen molar-refractivity contribution in [3.63, 3.8) is 0 Å². The fourth-order valence-corrected chi connectivity index (χ4v) is 12.7. The third kappa shape index (κ3) is 6.66. The molecule has 0 saturated carbocycles. The van der Waals surface area contributed by atoms with Crippen LogP contribution in [0.5, 0.6) is 0 Å². The molecule has 2 aliphatic carbocycles. The van der Waals surface area contributed by atoms with Gasteiger partial charge in [-0.1, -0.05) is 218 Å². The zero-order valence-electron chi connectivity index (χ0n) is 41.1. The van der Waals surface area contributed by atoms with Gasteiger partial charge in [-0.25, -0.2) is 0 Å². The van der Waals surface area contributed by atoms with Gasteiger partial charge in [0, 0.05) is 33.5 Å². The first-order valence-electron chi connectivity index (χ1n) is 26.0. The van der Waals surface area contributed by atoms with E-state index in [0.717, 1.165) is 28.3 Å². The van der Waals surface area contributed by atoms with Gasteiger partial charge >= 0.3 is 0 Å². The van der Waals surface area contributed by atoms with Crippen LogP contribution in [0.3, 0.4) is 0 Å². The van der Waals surface area contributed by atoms with Gasteiger partial charge in [-0.2, -0.15) is 0 Å². The predicted octanol–water partition coefficient (Wildman–Crippen LogP) is 19.3. The van der Waals surface area contributed by atoms with Crippen LogP contribution in [0.25, 0.3) is 94.3 Å². The molecule has 0 saturated heterocycles. The molecule has 0 amide bonds. The largest absolute Gasteiger partial charge is 0.310 e. The molecule has 0 N–H and O–H groups in total. The van der Waals surface area contributed by atoms with E-state index in [2.05, 4.69) is 301 Å². The van der Waals surface area contributed by atoms with E-state index in [1.807, 2.05) is 0 Å². The first-order chi connectivity index (χ1) is 37.2. The van der Waals surface area contributed by atoms with E-state index >= 15 is 0 Å². The van der Waals surface area contributed by atoms with Crippen LogP contribution in [0.1, 0.15) is 22.3 Å². The van der Waals surface area contributed by atoms with Crippen LogP contribution in [-0.2, 0) is 5.41 Å². The van der Waals surface area contributed by atoms with Crippen molar-refractivity contribution in [1.82, 2.24) is 4.57 Å². The Bertz CT molecular complexity index is 4200. The molecule has 2 heteroatoms. The molecule has 350 valence electrons. The number of anilines is 3. The first kappa shape index (κ1) is 42.9. The van der Waals surface area contributed by atoms with Gasteiger partial charge in [0.2, 0.25) is 0 Å². The Labute approximate surface area is 437 Å². The number of nitrogens with zero attached hydrogens (tertiary/aromatic N) is 2. The normalized spacial score (nSPS) is 12.6. The molecule has 0 aliphatic heterocycles. The Kier molecular flexibility index (Phi) is 9.83. The fourth-order valence-electron chi connectivity index (χ4n) is 12.7. The summed E-state index contributed by atoms with van der Waals surface area (Å²) >= 11 is 0. The maximum atomic E-state index is 2.47. The molecule has 1 spiro atoms. The highest BCUT2D eigenvalue weighted by Crippen LogP contribution is 2.64. The number of benzene rings is 12. The molecule has 13 aromatic rings. The lowest BCUT2D eigenvalue weighted by molar-refractivity contribution is 0.794. The number of hydrogen-bond donors (Lipinski definition) is 0. The fraction of sp³-hybridized carbons (Fsp3) is 0.0137. The second-order valence-corrected chi connectivity index (χ2v) is 20.0. The number of fused-ring (bicyclic) bond motifs is 14. The summed E-state index contributed by atoms with van der Waals surface area (Å²) in [6.45, 7) is 0. The maximum absolute atomic E-state index is 2.47. The second-order valence-electron chi connectivity index (χ2n) is 20.0. The quantitative estimate of drug-likeness (QED) is 0.147. The summed E-state index contributed by atoms with van der Waals surface area (Å²) < 4.78 is 2.47. The molecule has 0 fully saturated rings. The minimum atomic E-state index is -0.432. The van der Waals surface area contributed by atoms with E-state index < -0.39 is 5.41 Å². The monoisotopic (exact) mass is 952 g/mol. The minimum Gasteiger partial charge on any atom is -0.310 e. The second kappa shape index (κ2) is 17.2. The molecule has 0 atom stereocenters. The average Bonchev–Trinajstić information content (AvgIpc) is 4.32.